The van der Waals surface area contributed by atoms with Crippen LogP contribution in [0.2, 0.25) is 0 Å². The summed E-state index contributed by atoms with van der Waals surface area (Å²) in [6.45, 7) is 9.91. The highest BCUT2D eigenvalue weighted by Crippen LogP contribution is 2.32. The van der Waals surface area contributed by atoms with Crippen molar-refractivity contribution < 1.29 is 23.5 Å². The molecule has 1 amide bonds. The number of nitriles is 1. The second-order valence-electron chi connectivity index (χ2n) is 8.77. The Morgan fingerprint density at radius 3 is 2.69 bits per heavy atom. The predicted molar refractivity (Wildman–Crippen MR) is 113 cm³/mol. The van der Waals surface area contributed by atoms with Crippen molar-refractivity contribution in [3.05, 3.63) is 52.1 Å². The van der Waals surface area contributed by atoms with E-state index in [1.165, 1.54) is 18.2 Å². The van der Waals surface area contributed by atoms with Crippen LogP contribution in [0.25, 0.3) is 0 Å². The number of esters is 1. The van der Waals surface area contributed by atoms with Gasteiger partial charge in [-0.2, -0.15) is 10.4 Å². The minimum Gasteiger partial charge on any atom is -0.461 e. The summed E-state index contributed by atoms with van der Waals surface area (Å²) in [5.41, 5.74) is 1.63. The molecule has 1 aliphatic heterocycles. The van der Waals surface area contributed by atoms with Crippen molar-refractivity contribution in [3.8, 4) is 6.07 Å². The number of ether oxygens (including phenoxy) is 2. The van der Waals surface area contributed by atoms with Crippen molar-refractivity contribution in [2.45, 2.75) is 59.2 Å². The number of fused-ring (bicyclic) bond motifs is 1. The largest absolute Gasteiger partial charge is 0.461 e. The molecule has 0 aliphatic carbocycles. The zero-order valence-electron chi connectivity index (χ0n) is 18.9. The fourth-order valence-electron chi connectivity index (χ4n) is 3.79. The lowest BCUT2D eigenvalue weighted by atomic mass is 9.96. The summed E-state index contributed by atoms with van der Waals surface area (Å²) in [6, 6.07) is 5.99. The van der Waals surface area contributed by atoms with Crippen LogP contribution in [0.5, 0.6) is 0 Å². The van der Waals surface area contributed by atoms with Crippen LogP contribution in [-0.4, -0.2) is 45.5 Å². The van der Waals surface area contributed by atoms with Gasteiger partial charge in [0.1, 0.15) is 11.4 Å². The molecule has 2 heterocycles. The second kappa shape index (κ2) is 8.99. The Hall–Kier alpha value is -3.41. The first-order valence-corrected chi connectivity index (χ1v) is 10.5. The van der Waals surface area contributed by atoms with E-state index < -0.39 is 23.5 Å². The normalized spacial score (nSPS) is 15.7. The molecule has 3 rings (SSSR count). The third kappa shape index (κ3) is 4.90. The lowest BCUT2D eigenvalue weighted by Crippen LogP contribution is -2.41. The molecule has 170 valence electrons. The van der Waals surface area contributed by atoms with Crippen LogP contribution in [0.1, 0.15) is 73.4 Å². The van der Waals surface area contributed by atoms with Gasteiger partial charge in [0.15, 0.2) is 5.69 Å². The van der Waals surface area contributed by atoms with Crippen LogP contribution in [0.3, 0.4) is 0 Å². The quantitative estimate of drug-likeness (QED) is 0.665. The van der Waals surface area contributed by atoms with Gasteiger partial charge in [-0.05, 0) is 45.4 Å². The molecule has 32 heavy (non-hydrogen) atoms. The number of carbonyl (C=O) groups excluding carboxylic acids is 2. The van der Waals surface area contributed by atoms with Crippen molar-refractivity contribution in [1.82, 2.24) is 14.7 Å². The lowest BCUT2D eigenvalue weighted by Gasteiger charge is -2.33. The van der Waals surface area contributed by atoms with Crippen molar-refractivity contribution >= 4 is 12.1 Å². The monoisotopic (exact) mass is 442 g/mol. The molecular formula is C23H27FN4O4. The molecule has 1 aliphatic rings. The smallest absolute Gasteiger partial charge is 0.410 e. The molecule has 1 unspecified atom stereocenters. The minimum absolute atomic E-state index is 0.127. The van der Waals surface area contributed by atoms with E-state index in [-0.39, 0.29) is 36.9 Å². The van der Waals surface area contributed by atoms with Crippen LogP contribution in [0, 0.1) is 17.1 Å². The highest BCUT2D eigenvalue weighted by Gasteiger charge is 2.36. The molecule has 0 saturated heterocycles. The first kappa shape index (κ1) is 23.3. The van der Waals surface area contributed by atoms with Gasteiger partial charge < -0.3 is 14.4 Å². The number of hydrogen-bond donors (Lipinski definition) is 0. The number of rotatable bonds is 4. The van der Waals surface area contributed by atoms with Gasteiger partial charge >= 0.3 is 12.1 Å². The van der Waals surface area contributed by atoms with E-state index >= 15 is 0 Å². The maximum Gasteiger partial charge on any atom is 0.410 e. The van der Waals surface area contributed by atoms with Crippen LogP contribution in [0.4, 0.5) is 9.18 Å². The summed E-state index contributed by atoms with van der Waals surface area (Å²) >= 11 is 0. The highest BCUT2D eigenvalue weighted by atomic mass is 19.1. The third-order valence-corrected chi connectivity index (χ3v) is 5.04. The van der Waals surface area contributed by atoms with Gasteiger partial charge in [-0.25, -0.2) is 14.0 Å². The minimum atomic E-state index is -0.648. The molecule has 1 aromatic heterocycles. The molecule has 2 aromatic rings. The fraction of sp³-hybridized carbons (Fsp3) is 0.478. The SMILES string of the molecule is CCOC(=O)c1nn(Cc2ccc(F)cc2C#N)c2c1CN(C(=O)OC(C)(C)C)CC2C. The molecule has 1 aromatic carbocycles. The highest BCUT2D eigenvalue weighted by molar-refractivity contribution is 5.89. The van der Waals surface area contributed by atoms with Crippen molar-refractivity contribution in [2.24, 2.45) is 0 Å². The number of carbonyl (C=O) groups is 2. The molecule has 0 N–H and O–H groups in total. The Bertz CT molecular complexity index is 1080. The number of halogens is 1. The van der Waals surface area contributed by atoms with E-state index in [9.17, 15) is 19.2 Å². The maximum absolute atomic E-state index is 13.6. The zero-order valence-corrected chi connectivity index (χ0v) is 18.9. The Kier molecular flexibility index (Phi) is 6.53. The van der Waals surface area contributed by atoms with E-state index in [0.717, 1.165) is 5.69 Å². The molecule has 0 radical (unpaired) electrons. The summed E-state index contributed by atoms with van der Waals surface area (Å²) in [5.74, 6) is -1.24. The second-order valence-corrected chi connectivity index (χ2v) is 8.77. The van der Waals surface area contributed by atoms with Crippen LogP contribution in [-0.2, 0) is 22.6 Å². The van der Waals surface area contributed by atoms with Gasteiger partial charge in [-0.1, -0.05) is 13.0 Å². The number of aromatic nitrogens is 2. The summed E-state index contributed by atoms with van der Waals surface area (Å²) in [7, 11) is 0. The molecule has 0 fully saturated rings. The van der Waals surface area contributed by atoms with Gasteiger partial charge in [-0.15, -0.1) is 0 Å². The lowest BCUT2D eigenvalue weighted by molar-refractivity contribution is 0.0203. The molecule has 8 nitrogen and oxygen atoms in total. The predicted octanol–water partition coefficient (Wildman–Crippen LogP) is 3.97. The first-order chi connectivity index (χ1) is 15.0. The molecule has 0 spiro atoms. The van der Waals surface area contributed by atoms with Crippen molar-refractivity contribution in [3.63, 3.8) is 0 Å². The Morgan fingerprint density at radius 1 is 1.34 bits per heavy atom. The van der Waals surface area contributed by atoms with Crippen LogP contribution >= 0.6 is 0 Å². The summed E-state index contributed by atoms with van der Waals surface area (Å²) in [6.07, 6.45) is -0.470. The van der Waals surface area contributed by atoms with Gasteiger partial charge in [0.2, 0.25) is 0 Å². The molecular weight excluding hydrogens is 415 g/mol. The van der Waals surface area contributed by atoms with E-state index in [1.54, 1.807) is 37.3 Å². The van der Waals surface area contributed by atoms with E-state index in [2.05, 4.69) is 5.10 Å². The molecule has 9 heteroatoms. The number of amides is 1. The third-order valence-electron chi connectivity index (χ3n) is 5.04. The van der Waals surface area contributed by atoms with Crippen LogP contribution < -0.4 is 0 Å². The average molecular weight is 442 g/mol. The topological polar surface area (TPSA) is 97.5 Å². The maximum atomic E-state index is 13.6. The number of hydrogen-bond acceptors (Lipinski definition) is 6. The van der Waals surface area contributed by atoms with Crippen molar-refractivity contribution in [1.29, 1.82) is 5.26 Å². The summed E-state index contributed by atoms with van der Waals surface area (Å²) in [5, 5.41) is 13.9. The van der Waals surface area contributed by atoms with Gasteiger partial charge in [0, 0.05) is 23.7 Å². The summed E-state index contributed by atoms with van der Waals surface area (Å²) < 4.78 is 25.9. The molecule has 0 bridgehead atoms. The van der Waals surface area contributed by atoms with Gasteiger partial charge in [0.25, 0.3) is 0 Å². The Labute approximate surface area is 186 Å². The number of benzene rings is 1. The number of nitrogens with zero attached hydrogens (tertiary/aromatic N) is 4. The standard InChI is InChI=1S/C23H27FN4O4/c1-6-31-21(29)19-18-13-27(22(30)32-23(3,4)5)11-14(2)20(18)28(26-19)12-15-7-8-17(24)9-16(15)10-25/h7-9,14H,6,11-13H2,1-5H3. The molecule has 1 atom stereocenters. The van der Waals surface area contributed by atoms with E-state index in [4.69, 9.17) is 9.47 Å². The van der Waals surface area contributed by atoms with Crippen molar-refractivity contribution in [2.75, 3.05) is 13.2 Å². The fourth-order valence-corrected chi connectivity index (χ4v) is 3.79. The Balaban J connectivity index is 2.02. The average Bonchev–Trinajstić information content (AvgIpc) is 3.07. The summed E-state index contributed by atoms with van der Waals surface area (Å²) in [4.78, 5) is 26.9. The zero-order chi connectivity index (χ0) is 23.6. The van der Waals surface area contributed by atoms with Crippen LogP contribution in [0.15, 0.2) is 18.2 Å². The molecule has 0 saturated carbocycles. The van der Waals surface area contributed by atoms with Gasteiger partial charge in [0.05, 0.1) is 31.3 Å². The van der Waals surface area contributed by atoms with E-state index in [1.807, 2.05) is 13.0 Å². The van der Waals surface area contributed by atoms with E-state index in [0.29, 0.717) is 17.7 Å². The Morgan fingerprint density at radius 2 is 2.06 bits per heavy atom. The van der Waals surface area contributed by atoms with Gasteiger partial charge in [-0.3, -0.25) is 4.68 Å². The first-order valence-electron chi connectivity index (χ1n) is 10.5.